The van der Waals surface area contributed by atoms with Crippen molar-refractivity contribution in [1.29, 1.82) is 0 Å². The highest BCUT2D eigenvalue weighted by Crippen LogP contribution is 2.17. The van der Waals surface area contributed by atoms with Crippen LogP contribution >= 0.6 is 15.9 Å². The molecule has 0 heterocycles. The van der Waals surface area contributed by atoms with E-state index in [2.05, 4.69) is 15.9 Å². The van der Waals surface area contributed by atoms with Crippen LogP contribution in [0.2, 0.25) is 0 Å². The second-order valence-corrected chi connectivity index (χ2v) is 5.64. The number of halogens is 2. The molecule has 1 rings (SSSR count). The van der Waals surface area contributed by atoms with Crippen molar-refractivity contribution in [2.75, 3.05) is 33.7 Å². The first-order chi connectivity index (χ1) is 8.95. The van der Waals surface area contributed by atoms with E-state index in [1.165, 1.54) is 12.1 Å². The molecule has 0 fully saturated rings. The summed E-state index contributed by atoms with van der Waals surface area (Å²) in [5.74, 6) is -0.723. The second kappa shape index (κ2) is 7.60. The minimum absolute atomic E-state index is 0.135. The number of likely N-dealkylation sites (N-methyl/N-ethyl adjacent to an activating group) is 1. The van der Waals surface area contributed by atoms with Gasteiger partial charge >= 0.3 is 0 Å². The number of benzene rings is 1. The van der Waals surface area contributed by atoms with Crippen molar-refractivity contribution < 1.29 is 9.18 Å². The van der Waals surface area contributed by atoms with Crippen LogP contribution in [-0.2, 0) is 0 Å². The van der Waals surface area contributed by atoms with E-state index >= 15 is 0 Å². The highest BCUT2D eigenvalue weighted by atomic mass is 79.9. The Kier molecular flexibility index (Phi) is 6.45. The third kappa shape index (κ3) is 4.91. The molecule has 0 spiro atoms. The molecule has 0 N–H and O–H groups in total. The Morgan fingerprint density at radius 2 is 1.95 bits per heavy atom. The van der Waals surface area contributed by atoms with Gasteiger partial charge in [0.1, 0.15) is 5.82 Å². The fraction of sp³-hybridized carbons (Fsp3) is 0.500. The van der Waals surface area contributed by atoms with Crippen molar-refractivity contribution in [2.24, 2.45) is 0 Å². The summed E-state index contributed by atoms with van der Waals surface area (Å²) in [4.78, 5) is 16.0. The zero-order valence-electron chi connectivity index (χ0n) is 11.6. The second-order valence-electron chi connectivity index (χ2n) is 4.72. The maximum Gasteiger partial charge on any atom is 0.256 e. The summed E-state index contributed by atoms with van der Waals surface area (Å²) in [5, 5.41) is 0. The number of hydrogen-bond acceptors (Lipinski definition) is 2. The molecule has 1 amide bonds. The molecule has 0 saturated heterocycles. The van der Waals surface area contributed by atoms with E-state index in [0.717, 1.165) is 13.0 Å². The van der Waals surface area contributed by atoms with Crippen LogP contribution in [-0.4, -0.2) is 49.4 Å². The summed E-state index contributed by atoms with van der Waals surface area (Å²) in [5.41, 5.74) is 0.135. The molecule has 1 aromatic rings. The molecule has 1 aromatic carbocycles. The van der Waals surface area contributed by atoms with Gasteiger partial charge in [0, 0.05) is 24.1 Å². The first kappa shape index (κ1) is 16.1. The van der Waals surface area contributed by atoms with E-state index in [4.69, 9.17) is 0 Å². The standard InChI is InChI=1S/C14H20BrFN2O/c1-4-7-18(9-8-17(2)3)14(19)12-6-5-11(15)10-13(12)16/h5-6,10H,4,7-9H2,1-3H3. The molecule has 0 radical (unpaired) electrons. The number of amides is 1. The van der Waals surface area contributed by atoms with E-state index in [0.29, 0.717) is 17.6 Å². The lowest BCUT2D eigenvalue weighted by atomic mass is 10.2. The van der Waals surface area contributed by atoms with Crippen molar-refractivity contribution in [3.8, 4) is 0 Å². The van der Waals surface area contributed by atoms with Gasteiger partial charge in [0.15, 0.2) is 0 Å². The molecule has 106 valence electrons. The molecule has 0 bridgehead atoms. The SMILES string of the molecule is CCCN(CCN(C)C)C(=O)c1ccc(Br)cc1F. The zero-order chi connectivity index (χ0) is 14.4. The largest absolute Gasteiger partial charge is 0.337 e. The van der Waals surface area contributed by atoms with E-state index in [9.17, 15) is 9.18 Å². The lowest BCUT2D eigenvalue weighted by Crippen LogP contribution is -2.37. The Morgan fingerprint density at radius 1 is 1.26 bits per heavy atom. The average molecular weight is 331 g/mol. The van der Waals surface area contributed by atoms with E-state index in [-0.39, 0.29) is 11.5 Å². The van der Waals surface area contributed by atoms with Gasteiger partial charge in [-0.15, -0.1) is 0 Å². The average Bonchev–Trinajstić information content (AvgIpc) is 2.33. The van der Waals surface area contributed by atoms with Crippen molar-refractivity contribution in [2.45, 2.75) is 13.3 Å². The molecule has 5 heteroatoms. The van der Waals surface area contributed by atoms with Crippen molar-refractivity contribution in [1.82, 2.24) is 9.80 Å². The predicted molar refractivity (Wildman–Crippen MR) is 78.8 cm³/mol. The van der Waals surface area contributed by atoms with Crippen LogP contribution in [0.1, 0.15) is 23.7 Å². The Labute approximate surface area is 122 Å². The highest BCUT2D eigenvalue weighted by molar-refractivity contribution is 9.10. The summed E-state index contributed by atoms with van der Waals surface area (Å²) in [6.45, 7) is 4.02. The number of hydrogen-bond donors (Lipinski definition) is 0. The molecule has 0 unspecified atom stereocenters. The maximum absolute atomic E-state index is 13.8. The Balaban J connectivity index is 2.85. The lowest BCUT2D eigenvalue weighted by Gasteiger charge is -2.24. The molecular formula is C14H20BrFN2O. The van der Waals surface area contributed by atoms with Crippen LogP contribution in [0.3, 0.4) is 0 Å². The van der Waals surface area contributed by atoms with Gasteiger partial charge in [0.2, 0.25) is 0 Å². The van der Waals surface area contributed by atoms with Gasteiger partial charge < -0.3 is 9.80 Å². The van der Waals surface area contributed by atoms with Gasteiger partial charge in [0.05, 0.1) is 5.56 Å². The van der Waals surface area contributed by atoms with E-state index < -0.39 is 5.82 Å². The first-order valence-corrected chi connectivity index (χ1v) is 7.14. The highest BCUT2D eigenvalue weighted by Gasteiger charge is 2.18. The number of carbonyl (C=O) groups is 1. The van der Waals surface area contributed by atoms with Crippen molar-refractivity contribution >= 4 is 21.8 Å². The molecule has 0 aliphatic rings. The summed E-state index contributed by atoms with van der Waals surface area (Å²) >= 11 is 3.19. The molecule has 19 heavy (non-hydrogen) atoms. The van der Waals surface area contributed by atoms with Crippen LogP contribution in [0.4, 0.5) is 4.39 Å². The van der Waals surface area contributed by atoms with Crippen LogP contribution in [0.15, 0.2) is 22.7 Å². The van der Waals surface area contributed by atoms with Crippen molar-refractivity contribution in [3.63, 3.8) is 0 Å². The monoisotopic (exact) mass is 330 g/mol. The maximum atomic E-state index is 13.8. The first-order valence-electron chi connectivity index (χ1n) is 6.34. The van der Waals surface area contributed by atoms with Gasteiger partial charge in [-0.3, -0.25) is 4.79 Å². The number of rotatable bonds is 6. The molecule has 0 aliphatic heterocycles. The van der Waals surface area contributed by atoms with Crippen LogP contribution < -0.4 is 0 Å². The van der Waals surface area contributed by atoms with Gasteiger partial charge in [-0.05, 0) is 38.7 Å². The topological polar surface area (TPSA) is 23.6 Å². The Morgan fingerprint density at radius 3 is 2.47 bits per heavy atom. The van der Waals surface area contributed by atoms with Crippen molar-refractivity contribution in [3.05, 3.63) is 34.1 Å². The summed E-state index contributed by atoms with van der Waals surface area (Å²) < 4.78 is 14.4. The molecule has 0 atom stereocenters. The lowest BCUT2D eigenvalue weighted by molar-refractivity contribution is 0.0740. The van der Waals surface area contributed by atoms with Gasteiger partial charge in [0.25, 0.3) is 5.91 Å². The van der Waals surface area contributed by atoms with Gasteiger partial charge in [-0.1, -0.05) is 22.9 Å². The van der Waals surface area contributed by atoms with E-state index in [1.54, 1.807) is 11.0 Å². The van der Waals surface area contributed by atoms with Crippen LogP contribution in [0, 0.1) is 5.82 Å². The van der Waals surface area contributed by atoms with Gasteiger partial charge in [-0.25, -0.2) is 4.39 Å². The summed E-state index contributed by atoms with van der Waals surface area (Å²) in [6, 6.07) is 4.54. The van der Waals surface area contributed by atoms with Gasteiger partial charge in [-0.2, -0.15) is 0 Å². The molecule has 0 saturated carbocycles. The Bertz CT molecular complexity index is 437. The quantitative estimate of drug-likeness (QED) is 0.800. The minimum Gasteiger partial charge on any atom is -0.337 e. The summed E-state index contributed by atoms with van der Waals surface area (Å²) in [6.07, 6.45) is 0.858. The fourth-order valence-electron chi connectivity index (χ4n) is 1.74. The molecule has 0 aromatic heterocycles. The third-order valence-corrected chi connectivity index (χ3v) is 3.25. The molecular weight excluding hydrogens is 311 g/mol. The van der Waals surface area contributed by atoms with Crippen LogP contribution in [0.25, 0.3) is 0 Å². The summed E-state index contributed by atoms with van der Waals surface area (Å²) in [7, 11) is 3.91. The minimum atomic E-state index is -0.481. The number of carbonyl (C=O) groups excluding carboxylic acids is 1. The van der Waals surface area contributed by atoms with E-state index in [1.807, 2.05) is 25.9 Å². The Hall–Kier alpha value is -0.940. The molecule has 3 nitrogen and oxygen atoms in total. The normalized spacial score (nSPS) is 10.8. The fourth-order valence-corrected chi connectivity index (χ4v) is 2.07. The number of nitrogens with zero attached hydrogens (tertiary/aromatic N) is 2. The molecule has 0 aliphatic carbocycles. The van der Waals surface area contributed by atoms with Crippen LogP contribution in [0.5, 0.6) is 0 Å². The zero-order valence-corrected chi connectivity index (χ0v) is 13.2. The third-order valence-electron chi connectivity index (χ3n) is 2.76. The predicted octanol–water partition coefficient (Wildman–Crippen LogP) is 3.00. The smallest absolute Gasteiger partial charge is 0.256 e.